The Labute approximate surface area is 70.2 Å². The van der Waals surface area contributed by atoms with Crippen molar-refractivity contribution in [2.75, 3.05) is 0 Å². The number of hydrogen-bond donors (Lipinski definition) is 0. The summed E-state index contributed by atoms with van der Waals surface area (Å²) in [5, 5.41) is 0. The van der Waals surface area contributed by atoms with Crippen LogP contribution in [0.5, 0.6) is 0 Å². The second-order valence-electron chi connectivity index (χ2n) is 1.90. The summed E-state index contributed by atoms with van der Waals surface area (Å²) in [4.78, 5) is 4.03. The molecule has 0 atom stereocenters. The van der Waals surface area contributed by atoms with Crippen molar-refractivity contribution in [2.45, 2.75) is 5.88 Å². The van der Waals surface area contributed by atoms with Gasteiger partial charge in [-0.15, -0.1) is 11.6 Å². The standard InChI is InChI=1S/C8H8ClNO/c1-3-6-7(4-2)11-8(5-9)10-6/h3-4H,1-2,5H2. The van der Waals surface area contributed by atoms with Crippen molar-refractivity contribution in [3.63, 3.8) is 0 Å². The summed E-state index contributed by atoms with van der Waals surface area (Å²) < 4.78 is 5.17. The van der Waals surface area contributed by atoms with E-state index in [0.717, 1.165) is 0 Å². The molecule has 0 aliphatic carbocycles. The van der Waals surface area contributed by atoms with E-state index < -0.39 is 0 Å². The number of oxazole rings is 1. The summed E-state index contributed by atoms with van der Waals surface area (Å²) in [5.74, 6) is 1.39. The molecule has 1 aromatic rings. The highest BCUT2D eigenvalue weighted by Crippen LogP contribution is 2.14. The third-order valence-electron chi connectivity index (χ3n) is 1.22. The largest absolute Gasteiger partial charge is 0.439 e. The molecule has 58 valence electrons. The Kier molecular flexibility index (Phi) is 2.49. The van der Waals surface area contributed by atoms with Gasteiger partial charge in [-0.3, -0.25) is 0 Å². The fourth-order valence-corrected chi connectivity index (χ4v) is 0.855. The fourth-order valence-electron chi connectivity index (χ4n) is 0.741. The Morgan fingerprint density at radius 2 is 2.18 bits per heavy atom. The van der Waals surface area contributed by atoms with Gasteiger partial charge in [0, 0.05) is 0 Å². The average Bonchev–Trinajstić information content (AvgIpc) is 2.46. The van der Waals surface area contributed by atoms with Crippen LogP contribution in [0.3, 0.4) is 0 Å². The topological polar surface area (TPSA) is 26.0 Å². The smallest absolute Gasteiger partial charge is 0.210 e. The van der Waals surface area contributed by atoms with E-state index in [4.69, 9.17) is 16.0 Å². The summed E-state index contributed by atoms with van der Waals surface area (Å²) in [6, 6.07) is 0. The number of nitrogens with zero attached hydrogens (tertiary/aromatic N) is 1. The molecule has 0 radical (unpaired) electrons. The molecule has 0 unspecified atom stereocenters. The van der Waals surface area contributed by atoms with Gasteiger partial charge in [-0.2, -0.15) is 0 Å². The number of halogens is 1. The van der Waals surface area contributed by atoms with Gasteiger partial charge in [0.1, 0.15) is 5.69 Å². The van der Waals surface area contributed by atoms with Gasteiger partial charge in [0.15, 0.2) is 5.76 Å². The van der Waals surface area contributed by atoms with Crippen LogP contribution in [0.25, 0.3) is 12.2 Å². The summed E-state index contributed by atoms with van der Waals surface area (Å²) in [7, 11) is 0. The normalized spacial score (nSPS) is 9.55. The van der Waals surface area contributed by atoms with Crippen LogP contribution in [0.2, 0.25) is 0 Å². The van der Waals surface area contributed by atoms with E-state index in [1.807, 2.05) is 0 Å². The first-order valence-corrected chi connectivity index (χ1v) is 3.65. The Bertz CT molecular complexity index is 252. The van der Waals surface area contributed by atoms with Gasteiger partial charge >= 0.3 is 0 Å². The molecule has 0 aliphatic rings. The second kappa shape index (κ2) is 3.39. The third kappa shape index (κ3) is 1.52. The predicted molar refractivity (Wildman–Crippen MR) is 46.2 cm³/mol. The van der Waals surface area contributed by atoms with E-state index in [0.29, 0.717) is 17.3 Å². The lowest BCUT2D eigenvalue weighted by Gasteiger charge is -1.82. The molecule has 1 aromatic heterocycles. The molecule has 0 bridgehead atoms. The van der Waals surface area contributed by atoms with Gasteiger partial charge in [0.25, 0.3) is 0 Å². The van der Waals surface area contributed by atoms with Crippen LogP contribution in [0.4, 0.5) is 0 Å². The number of hydrogen-bond acceptors (Lipinski definition) is 2. The molecule has 0 fully saturated rings. The van der Waals surface area contributed by atoms with Crippen molar-refractivity contribution < 1.29 is 4.42 Å². The molecule has 0 aromatic carbocycles. The summed E-state index contributed by atoms with van der Waals surface area (Å²) in [6.07, 6.45) is 3.19. The number of alkyl halides is 1. The quantitative estimate of drug-likeness (QED) is 0.651. The van der Waals surface area contributed by atoms with Crippen LogP contribution in [-0.4, -0.2) is 4.98 Å². The molecule has 0 aliphatic heterocycles. The zero-order valence-corrected chi connectivity index (χ0v) is 6.77. The van der Waals surface area contributed by atoms with E-state index in [1.54, 1.807) is 12.2 Å². The van der Waals surface area contributed by atoms with Crippen molar-refractivity contribution in [3.8, 4) is 0 Å². The first-order chi connectivity index (χ1) is 5.31. The highest BCUT2D eigenvalue weighted by Gasteiger charge is 2.05. The van der Waals surface area contributed by atoms with Gasteiger partial charge < -0.3 is 4.42 Å². The molecule has 0 saturated heterocycles. The second-order valence-corrected chi connectivity index (χ2v) is 2.17. The third-order valence-corrected chi connectivity index (χ3v) is 1.45. The van der Waals surface area contributed by atoms with Gasteiger partial charge in [0.2, 0.25) is 5.89 Å². The van der Waals surface area contributed by atoms with Crippen LogP contribution >= 0.6 is 11.6 Å². The van der Waals surface area contributed by atoms with Crippen LogP contribution in [0.15, 0.2) is 17.6 Å². The van der Waals surface area contributed by atoms with E-state index in [-0.39, 0.29) is 5.88 Å². The minimum absolute atomic E-state index is 0.272. The first kappa shape index (κ1) is 8.08. The maximum absolute atomic E-state index is 5.50. The molecule has 1 heterocycles. The first-order valence-electron chi connectivity index (χ1n) is 3.12. The van der Waals surface area contributed by atoms with Gasteiger partial charge in [-0.25, -0.2) is 4.98 Å². The van der Waals surface area contributed by atoms with Crippen LogP contribution in [0.1, 0.15) is 17.3 Å². The molecular weight excluding hydrogens is 162 g/mol. The molecule has 3 heteroatoms. The van der Waals surface area contributed by atoms with Crippen molar-refractivity contribution >= 4 is 23.8 Å². The zero-order chi connectivity index (χ0) is 8.27. The van der Waals surface area contributed by atoms with Crippen LogP contribution in [0, 0.1) is 0 Å². The van der Waals surface area contributed by atoms with Crippen LogP contribution < -0.4 is 0 Å². The maximum atomic E-state index is 5.50. The summed E-state index contributed by atoms with van der Waals surface area (Å²) >= 11 is 5.50. The predicted octanol–water partition coefficient (Wildman–Crippen LogP) is 2.70. The maximum Gasteiger partial charge on any atom is 0.210 e. The van der Waals surface area contributed by atoms with E-state index in [9.17, 15) is 0 Å². The zero-order valence-electron chi connectivity index (χ0n) is 6.01. The minimum atomic E-state index is 0.272. The Morgan fingerprint density at radius 1 is 1.45 bits per heavy atom. The number of aromatic nitrogens is 1. The lowest BCUT2D eigenvalue weighted by atomic mass is 10.3. The molecule has 0 spiro atoms. The minimum Gasteiger partial charge on any atom is -0.439 e. The number of rotatable bonds is 3. The highest BCUT2D eigenvalue weighted by molar-refractivity contribution is 6.16. The molecule has 0 N–H and O–H groups in total. The van der Waals surface area contributed by atoms with Crippen molar-refractivity contribution in [3.05, 3.63) is 30.5 Å². The van der Waals surface area contributed by atoms with E-state index in [1.165, 1.54) is 0 Å². The van der Waals surface area contributed by atoms with E-state index >= 15 is 0 Å². The van der Waals surface area contributed by atoms with Crippen molar-refractivity contribution in [2.24, 2.45) is 0 Å². The highest BCUT2D eigenvalue weighted by atomic mass is 35.5. The molecule has 2 nitrogen and oxygen atoms in total. The van der Waals surface area contributed by atoms with Crippen molar-refractivity contribution in [1.82, 2.24) is 4.98 Å². The molecule has 11 heavy (non-hydrogen) atoms. The summed E-state index contributed by atoms with van der Waals surface area (Å²) in [5.41, 5.74) is 0.690. The SMILES string of the molecule is C=Cc1nc(CCl)oc1C=C. The monoisotopic (exact) mass is 169 g/mol. The van der Waals surface area contributed by atoms with Crippen molar-refractivity contribution in [1.29, 1.82) is 0 Å². The lowest BCUT2D eigenvalue weighted by molar-refractivity contribution is 0.507. The van der Waals surface area contributed by atoms with Gasteiger partial charge in [0.05, 0.1) is 5.88 Å². The Morgan fingerprint density at radius 3 is 2.55 bits per heavy atom. The fraction of sp³-hybridized carbons (Fsp3) is 0.125. The van der Waals surface area contributed by atoms with E-state index in [2.05, 4.69) is 18.1 Å². The molecule has 0 saturated carbocycles. The Hall–Kier alpha value is -1.02. The summed E-state index contributed by atoms with van der Waals surface area (Å²) in [6.45, 7) is 7.14. The molecule has 1 rings (SSSR count). The lowest BCUT2D eigenvalue weighted by Crippen LogP contribution is -1.75. The van der Waals surface area contributed by atoms with Gasteiger partial charge in [-0.05, 0) is 12.2 Å². The molecular formula is C8H8ClNO. The molecule has 0 amide bonds. The van der Waals surface area contributed by atoms with Gasteiger partial charge in [-0.1, -0.05) is 13.2 Å². The Balaban J connectivity index is 3.11. The average molecular weight is 170 g/mol. The van der Waals surface area contributed by atoms with Crippen LogP contribution in [-0.2, 0) is 5.88 Å².